The Kier molecular flexibility index (Phi) is 3.82. The molecule has 0 aliphatic rings. The standard InChI is InChI=1S/C10H12N2O4/c1-7(13)11-9(10(14)15)5-8-3-2-4-12(16)6-8/h2-4,6,9H,5H2,1H3,(H,11,13)(H,14,15). The Balaban J connectivity index is 2.75. The van der Waals surface area contributed by atoms with Crippen molar-refractivity contribution in [3.05, 3.63) is 35.3 Å². The van der Waals surface area contributed by atoms with Crippen LogP contribution in [0.25, 0.3) is 0 Å². The first-order valence-electron chi connectivity index (χ1n) is 4.66. The molecule has 0 aliphatic heterocycles. The summed E-state index contributed by atoms with van der Waals surface area (Å²) in [5.41, 5.74) is 0.554. The molecule has 86 valence electrons. The van der Waals surface area contributed by atoms with Gasteiger partial charge in [0.05, 0.1) is 0 Å². The molecule has 6 heteroatoms. The SMILES string of the molecule is CC(=O)NC(Cc1ccc[n+]([O-])c1)C(=O)O. The Bertz CT molecular complexity index is 406. The average Bonchev–Trinajstić information content (AvgIpc) is 2.15. The van der Waals surface area contributed by atoms with Crippen LogP contribution in [0.2, 0.25) is 0 Å². The molecule has 1 unspecified atom stereocenters. The summed E-state index contributed by atoms with van der Waals surface area (Å²) in [7, 11) is 0. The van der Waals surface area contributed by atoms with Crippen LogP contribution in [-0.4, -0.2) is 23.0 Å². The first kappa shape index (κ1) is 12.0. The molecule has 1 atom stereocenters. The van der Waals surface area contributed by atoms with Crippen molar-refractivity contribution in [2.45, 2.75) is 19.4 Å². The first-order valence-corrected chi connectivity index (χ1v) is 4.66. The summed E-state index contributed by atoms with van der Waals surface area (Å²) >= 11 is 0. The van der Waals surface area contributed by atoms with Crippen LogP contribution in [0.15, 0.2) is 24.5 Å². The summed E-state index contributed by atoms with van der Waals surface area (Å²) in [6, 6.07) is 2.14. The van der Waals surface area contributed by atoms with Gasteiger partial charge in [0.15, 0.2) is 12.4 Å². The summed E-state index contributed by atoms with van der Waals surface area (Å²) in [5.74, 6) is -1.55. The number of hydrogen-bond donors (Lipinski definition) is 2. The van der Waals surface area contributed by atoms with E-state index in [1.807, 2.05) is 0 Å². The van der Waals surface area contributed by atoms with Gasteiger partial charge >= 0.3 is 5.97 Å². The maximum Gasteiger partial charge on any atom is 0.326 e. The second-order valence-electron chi connectivity index (χ2n) is 3.37. The van der Waals surface area contributed by atoms with Crippen molar-refractivity contribution in [3.63, 3.8) is 0 Å². The number of aliphatic carboxylic acids is 1. The maximum absolute atomic E-state index is 10.9. The molecule has 0 aliphatic carbocycles. The van der Waals surface area contributed by atoms with Crippen LogP contribution in [0, 0.1) is 5.21 Å². The van der Waals surface area contributed by atoms with Crippen molar-refractivity contribution < 1.29 is 19.4 Å². The highest BCUT2D eigenvalue weighted by atomic mass is 16.5. The molecule has 0 bridgehead atoms. The van der Waals surface area contributed by atoms with Gasteiger partial charge in [-0.25, -0.2) is 4.79 Å². The Hall–Kier alpha value is -2.11. The van der Waals surface area contributed by atoms with Crippen molar-refractivity contribution in [3.8, 4) is 0 Å². The van der Waals surface area contributed by atoms with Crippen molar-refractivity contribution in [1.82, 2.24) is 5.32 Å². The highest BCUT2D eigenvalue weighted by Crippen LogP contribution is 2.00. The second kappa shape index (κ2) is 5.11. The fourth-order valence-corrected chi connectivity index (χ4v) is 1.30. The molecule has 0 saturated carbocycles. The van der Waals surface area contributed by atoms with Crippen LogP contribution < -0.4 is 10.0 Å². The lowest BCUT2D eigenvalue weighted by molar-refractivity contribution is -0.605. The maximum atomic E-state index is 10.9. The highest BCUT2D eigenvalue weighted by Gasteiger charge is 2.19. The fraction of sp³-hybridized carbons (Fsp3) is 0.300. The van der Waals surface area contributed by atoms with E-state index in [4.69, 9.17) is 5.11 Å². The third-order valence-electron chi connectivity index (χ3n) is 1.95. The van der Waals surface area contributed by atoms with Crippen LogP contribution in [0.3, 0.4) is 0 Å². The summed E-state index contributed by atoms with van der Waals surface area (Å²) in [6.07, 6.45) is 2.66. The van der Waals surface area contributed by atoms with E-state index >= 15 is 0 Å². The molecule has 2 N–H and O–H groups in total. The molecule has 6 nitrogen and oxygen atoms in total. The monoisotopic (exact) mass is 224 g/mol. The predicted molar refractivity (Wildman–Crippen MR) is 54.3 cm³/mol. The number of carboxylic acid groups (broad SMARTS) is 1. The number of nitrogens with zero attached hydrogens (tertiary/aromatic N) is 1. The lowest BCUT2D eigenvalue weighted by Gasteiger charge is -2.12. The average molecular weight is 224 g/mol. The van der Waals surface area contributed by atoms with Crippen LogP contribution in [0.1, 0.15) is 12.5 Å². The molecular formula is C10H12N2O4. The Morgan fingerprint density at radius 3 is 2.81 bits per heavy atom. The Morgan fingerprint density at radius 2 is 2.31 bits per heavy atom. The number of hydrogen-bond acceptors (Lipinski definition) is 3. The first-order chi connectivity index (χ1) is 7.49. The molecule has 0 aromatic carbocycles. The van der Waals surface area contributed by atoms with Gasteiger partial charge in [-0.2, -0.15) is 4.73 Å². The van der Waals surface area contributed by atoms with E-state index in [2.05, 4.69) is 5.32 Å². The van der Waals surface area contributed by atoms with Gasteiger partial charge in [-0.15, -0.1) is 0 Å². The quantitative estimate of drug-likeness (QED) is 0.530. The number of amides is 1. The van der Waals surface area contributed by atoms with E-state index in [0.29, 0.717) is 10.3 Å². The van der Waals surface area contributed by atoms with E-state index in [-0.39, 0.29) is 6.42 Å². The zero-order valence-electron chi connectivity index (χ0n) is 8.71. The van der Waals surface area contributed by atoms with Crippen molar-refractivity contribution in [1.29, 1.82) is 0 Å². The lowest BCUT2D eigenvalue weighted by atomic mass is 10.1. The van der Waals surface area contributed by atoms with Crippen molar-refractivity contribution in [2.75, 3.05) is 0 Å². The van der Waals surface area contributed by atoms with Gasteiger partial charge in [0.1, 0.15) is 6.04 Å². The van der Waals surface area contributed by atoms with E-state index in [1.165, 1.54) is 25.4 Å². The number of rotatable bonds is 4. The van der Waals surface area contributed by atoms with Crippen LogP contribution in [0.5, 0.6) is 0 Å². The normalized spacial score (nSPS) is 11.8. The second-order valence-corrected chi connectivity index (χ2v) is 3.37. The van der Waals surface area contributed by atoms with Gasteiger partial charge in [-0.3, -0.25) is 4.79 Å². The van der Waals surface area contributed by atoms with Gasteiger partial charge in [0, 0.05) is 25.0 Å². The van der Waals surface area contributed by atoms with Crippen molar-refractivity contribution >= 4 is 11.9 Å². The van der Waals surface area contributed by atoms with E-state index < -0.39 is 17.9 Å². The van der Waals surface area contributed by atoms with Gasteiger partial charge < -0.3 is 15.6 Å². The Morgan fingerprint density at radius 1 is 1.62 bits per heavy atom. The molecule has 1 aromatic rings. The molecule has 0 radical (unpaired) electrons. The smallest absolute Gasteiger partial charge is 0.326 e. The number of nitrogens with one attached hydrogen (secondary N) is 1. The van der Waals surface area contributed by atoms with Gasteiger partial charge in [0.25, 0.3) is 0 Å². The molecular weight excluding hydrogens is 212 g/mol. The zero-order chi connectivity index (χ0) is 12.1. The number of carbonyl (C=O) groups is 2. The van der Waals surface area contributed by atoms with E-state index in [0.717, 1.165) is 0 Å². The van der Waals surface area contributed by atoms with Gasteiger partial charge in [0.2, 0.25) is 5.91 Å². The minimum Gasteiger partial charge on any atom is -0.619 e. The van der Waals surface area contributed by atoms with E-state index in [9.17, 15) is 14.8 Å². The van der Waals surface area contributed by atoms with Crippen LogP contribution in [-0.2, 0) is 16.0 Å². The molecule has 0 spiro atoms. The number of aromatic nitrogens is 1. The molecule has 0 saturated heterocycles. The molecule has 1 aromatic heterocycles. The number of pyridine rings is 1. The van der Waals surface area contributed by atoms with Crippen molar-refractivity contribution in [2.24, 2.45) is 0 Å². The Labute approximate surface area is 92.1 Å². The zero-order valence-corrected chi connectivity index (χ0v) is 8.71. The summed E-state index contributed by atoms with van der Waals surface area (Å²) in [4.78, 5) is 21.6. The summed E-state index contributed by atoms with van der Waals surface area (Å²) in [5, 5.41) is 22.1. The lowest BCUT2D eigenvalue weighted by Crippen LogP contribution is -2.41. The highest BCUT2D eigenvalue weighted by molar-refractivity contribution is 5.82. The topological polar surface area (TPSA) is 93.3 Å². The molecule has 1 amide bonds. The minimum absolute atomic E-state index is 0.0813. The number of carboxylic acids is 1. The summed E-state index contributed by atoms with van der Waals surface area (Å²) < 4.78 is 0.585. The molecule has 0 fully saturated rings. The van der Waals surface area contributed by atoms with E-state index in [1.54, 1.807) is 6.07 Å². The van der Waals surface area contributed by atoms with Crippen LogP contribution >= 0.6 is 0 Å². The third-order valence-corrected chi connectivity index (χ3v) is 1.95. The predicted octanol–water partition coefficient (Wildman–Crippen LogP) is -0.548. The molecule has 1 rings (SSSR count). The summed E-state index contributed by atoms with van der Waals surface area (Å²) in [6.45, 7) is 1.24. The molecule has 16 heavy (non-hydrogen) atoms. The number of carbonyl (C=O) groups excluding carboxylic acids is 1. The third kappa shape index (κ3) is 3.56. The largest absolute Gasteiger partial charge is 0.619 e. The van der Waals surface area contributed by atoms with Gasteiger partial charge in [-0.05, 0) is 6.07 Å². The minimum atomic E-state index is -1.13. The fourth-order valence-electron chi connectivity index (χ4n) is 1.30. The van der Waals surface area contributed by atoms with Crippen LogP contribution in [0.4, 0.5) is 0 Å². The van der Waals surface area contributed by atoms with Gasteiger partial charge in [-0.1, -0.05) is 0 Å². The molecule has 1 heterocycles.